The first-order valence-electron chi connectivity index (χ1n) is 8.58. The average molecular weight is 319 g/mol. The maximum absolute atomic E-state index is 13.5. The second-order valence-electron chi connectivity index (χ2n) is 6.44. The van der Waals surface area contributed by atoms with Crippen LogP contribution in [0.5, 0.6) is 0 Å². The van der Waals surface area contributed by atoms with E-state index in [1.165, 1.54) is 5.56 Å². The smallest absolute Gasteiger partial charge is 0.277 e. The number of carbonyl (C=O) groups is 1. The van der Waals surface area contributed by atoms with Gasteiger partial charge in [0.25, 0.3) is 5.91 Å². The van der Waals surface area contributed by atoms with Crippen molar-refractivity contribution in [2.45, 2.75) is 39.2 Å². The van der Waals surface area contributed by atoms with E-state index in [1.54, 1.807) is 0 Å². The van der Waals surface area contributed by atoms with Crippen molar-refractivity contribution in [1.29, 1.82) is 0 Å². The highest BCUT2D eigenvalue weighted by Crippen LogP contribution is 2.33. The summed E-state index contributed by atoms with van der Waals surface area (Å²) < 4.78 is 1.93. The molecule has 0 spiro atoms. The van der Waals surface area contributed by atoms with E-state index in [4.69, 9.17) is 4.98 Å². The van der Waals surface area contributed by atoms with Crippen LogP contribution in [0.15, 0.2) is 48.7 Å². The number of anilines is 1. The molecule has 3 aromatic rings. The lowest BCUT2D eigenvalue weighted by molar-refractivity contribution is 0.0975. The number of imidazole rings is 1. The van der Waals surface area contributed by atoms with Gasteiger partial charge in [0, 0.05) is 17.9 Å². The van der Waals surface area contributed by atoms with Gasteiger partial charge >= 0.3 is 0 Å². The van der Waals surface area contributed by atoms with Crippen molar-refractivity contribution in [3.8, 4) is 0 Å². The normalized spacial score (nSPS) is 16.6. The predicted molar refractivity (Wildman–Crippen MR) is 95.6 cm³/mol. The Kier molecular flexibility index (Phi) is 3.60. The Hall–Kier alpha value is -2.62. The monoisotopic (exact) mass is 319 g/mol. The number of fused-ring (bicyclic) bond motifs is 2. The summed E-state index contributed by atoms with van der Waals surface area (Å²) in [4.78, 5) is 20.1. The van der Waals surface area contributed by atoms with Gasteiger partial charge in [-0.3, -0.25) is 9.20 Å². The van der Waals surface area contributed by atoms with Crippen LogP contribution in [-0.4, -0.2) is 21.3 Å². The zero-order valence-electron chi connectivity index (χ0n) is 14.1. The Morgan fingerprint density at radius 1 is 1.21 bits per heavy atom. The lowest BCUT2D eigenvalue weighted by atomic mass is 10.1. The van der Waals surface area contributed by atoms with Gasteiger partial charge in [0.05, 0.1) is 5.69 Å². The molecule has 1 aliphatic rings. The molecule has 1 unspecified atom stereocenters. The molecule has 0 N–H and O–H groups in total. The van der Waals surface area contributed by atoms with Crippen molar-refractivity contribution in [1.82, 2.24) is 9.38 Å². The molecule has 1 aliphatic heterocycles. The highest BCUT2D eigenvalue weighted by molar-refractivity contribution is 6.08. The number of hydrogen-bond donors (Lipinski definition) is 0. The summed E-state index contributed by atoms with van der Waals surface area (Å²) in [7, 11) is 0. The van der Waals surface area contributed by atoms with E-state index in [1.807, 2.05) is 51.9 Å². The minimum Gasteiger partial charge on any atom is -0.304 e. The van der Waals surface area contributed by atoms with Crippen LogP contribution in [0.1, 0.15) is 42.0 Å². The van der Waals surface area contributed by atoms with Gasteiger partial charge in [-0.05, 0) is 43.5 Å². The first kappa shape index (κ1) is 14.9. The van der Waals surface area contributed by atoms with Crippen molar-refractivity contribution < 1.29 is 4.79 Å². The number of aromatic nitrogens is 2. The molecule has 0 bridgehead atoms. The van der Waals surface area contributed by atoms with Crippen molar-refractivity contribution in [3.05, 3.63) is 65.6 Å². The molecule has 0 saturated heterocycles. The van der Waals surface area contributed by atoms with Crippen molar-refractivity contribution in [3.63, 3.8) is 0 Å². The minimum absolute atomic E-state index is 0.0506. The molecular formula is C20H21N3O. The summed E-state index contributed by atoms with van der Waals surface area (Å²) >= 11 is 0. The molecule has 1 amide bonds. The third-order valence-electron chi connectivity index (χ3n) is 4.72. The molecule has 1 atom stereocenters. The molecule has 4 nitrogen and oxygen atoms in total. The van der Waals surface area contributed by atoms with Crippen LogP contribution < -0.4 is 4.90 Å². The number of pyridine rings is 1. The van der Waals surface area contributed by atoms with E-state index in [0.29, 0.717) is 5.69 Å². The molecule has 122 valence electrons. The Balaban J connectivity index is 1.85. The van der Waals surface area contributed by atoms with Crippen LogP contribution in [0, 0.1) is 0 Å². The van der Waals surface area contributed by atoms with Gasteiger partial charge in [-0.15, -0.1) is 0 Å². The van der Waals surface area contributed by atoms with Crippen LogP contribution in [0.4, 0.5) is 5.69 Å². The van der Waals surface area contributed by atoms with E-state index in [9.17, 15) is 4.79 Å². The molecule has 0 saturated carbocycles. The van der Waals surface area contributed by atoms with E-state index in [0.717, 1.165) is 36.3 Å². The number of amides is 1. The summed E-state index contributed by atoms with van der Waals surface area (Å²) in [6.45, 7) is 4.23. The summed E-state index contributed by atoms with van der Waals surface area (Å²) in [5, 5.41) is 0. The fourth-order valence-electron chi connectivity index (χ4n) is 3.67. The summed E-state index contributed by atoms with van der Waals surface area (Å²) in [5.41, 5.74) is 4.71. The minimum atomic E-state index is 0.0506. The van der Waals surface area contributed by atoms with Crippen molar-refractivity contribution in [2.24, 2.45) is 0 Å². The molecule has 0 radical (unpaired) electrons. The van der Waals surface area contributed by atoms with Gasteiger partial charge in [0.1, 0.15) is 11.3 Å². The summed E-state index contributed by atoms with van der Waals surface area (Å²) in [5.74, 6) is 0.0506. The van der Waals surface area contributed by atoms with Crippen LogP contribution in [-0.2, 0) is 12.8 Å². The van der Waals surface area contributed by atoms with Crippen LogP contribution >= 0.6 is 0 Å². The number of hydrogen-bond acceptors (Lipinski definition) is 2. The topological polar surface area (TPSA) is 37.6 Å². The average Bonchev–Trinajstić information content (AvgIpc) is 3.11. The van der Waals surface area contributed by atoms with E-state index < -0.39 is 0 Å². The highest BCUT2D eigenvalue weighted by atomic mass is 16.2. The zero-order valence-corrected chi connectivity index (χ0v) is 14.1. The number of para-hydroxylation sites is 1. The Morgan fingerprint density at radius 2 is 2.00 bits per heavy atom. The SMILES string of the molecule is CCCc1nc2ccccn2c1C(=O)N1c2ccccc2CC1C. The Morgan fingerprint density at radius 3 is 2.83 bits per heavy atom. The first-order valence-corrected chi connectivity index (χ1v) is 8.58. The molecule has 1 aromatic carbocycles. The fourth-order valence-corrected chi connectivity index (χ4v) is 3.67. The van der Waals surface area contributed by atoms with Crippen molar-refractivity contribution >= 4 is 17.2 Å². The lowest BCUT2D eigenvalue weighted by Crippen LogP contribution is -2.37. The fraction of sp³-hybridized carbons (Fsp3) is 0.300. The summed E-state index contributed by atoms with van der Waals surface area (Å²) in [6, 6.07) is 14.2. The summed E-state index contributed by atoms with van der Waals surface area (Å²) in [6.07, 6.45) is 4.62. The molecule has 0 aliphatic carbocycles. The number of rotatable bonds is 3. The predicted octanol–water partition coefficient (Wildman–Crippen LogP) is 3.88. The molecule has 0 fully saturated rings. The second kappa shape index (κ2) is 5.78. The molecule has 2 aromatic heterocycles. The highest BCUT2D eigenvalue weighted by Gasteiger charge is 2.34. The number of aryl methyl sites for hydroxylation is 1. The van der Waals surface area contributed by atoms with E-state index in [-0.39, 0.29) is 11.9 Å². The first-order chi connectivity index (χ1) is 11.7. The van der Waals surface area contributed by atoms with Crippen LogP contribution in [0.25, 0.3) is 5.65 Å². The molecule has 3 heterocycles. The lowest BCUT2D eigenvalue weighted by Gasteiger charge is -2.23. The number of carbonyl (C=O) groups excluding carboxylic acids is 1. The Bertz CT molecular complexity index is 912. The largest absolute Gasteiger partial charge is 0.304 e. The third kappa shape index (κ3) is 2.21. The molecule has 24 heavy (non-hydrogen) atoms. The van der Waals surface area contributed by atoms with E-state index in [2.05, 4.69) is 19.9 Å². The third-order valence-corrected chi connectivity index (χ3v) is 4.72. The maximum Gasteiger partial charge on any atom is 0.277 e. The van der Waals surface area contributed by atoms with Gasteiger partial charge in [0.2, 0.25) is 0 Å². The molecule has 4 rings (SSSR count). The molecular weight excluding hydrogens is 298 g/mol. The maximum atomic E-state index is 13.5. The van der Waals surface area contributed by atoms with Gasteiger partial charge in [-0.2, -0.15) is 0 Å². The number of nitrogens with zero attached hydrogens (tertiary/aromatic N) is 3. The standard InChI is InChI=1S/C20H21N3O/c1-3-8-16-19(22-12-7-6-11-18(22)21-16)20(24)23-14(2)13-15-9-4-5-10-17(15)23/h4-7,9-12,14H,3,8,13H2,1-2H3. The van der Waals surface area contributed by atoms with Gasteiger partial charge < -0.3 is 4.90 Å². The zero-order chi connectivity index (χ0) is 16.7. The van der Waals surface area contributed by atoms with Crippen molar-refractivity contribution in [2.75, 3.05) is 4.90 Å². The molecule has 4 heteroatoms. The van der Waals surface area contributed by atoms with Crippen LogP contribution in [0.3, 0.4) is 0 Å². The van der Waals surface area contributed by atoms with E-state index >= 15 is 0 Å². The Labute approximate surface area is 141 Å². The van der Waals surface area contributed by atoms with Gasteiger partial charge in [-0.1, -0.05) is 37.6 Å². The van der Waals surface area contributed by atoms with Gasteiger partial charge in [0.15, 0.2) is 0 Å². The van der Waals surface area contributed by atoms with Crippen LogP contribution in [0.2, 0.25) is 0 Å². The van der Waals surface area contributed by atoms with Gasteiger partial charge in [-0.25, -0.2) is 4.98 Å². The second-order valence-corrected chi connectivity index (χ2v) is 6.44. The number of benzene rings is 1. The quantitative estimate of drug-likeness (QED) is 0.735.